The molecule has 1 aliphatic rings. The number of hydrogen-bond acceptors (Lipinski definition) is 3. The van der Waals surface area contributed by atoms with Crippen LogP contribution in [0.5, 0.6) is 5.75 Å². The highest BCUT2D eigenvalue weighted by atomic mass is 35.5. The number of benzene rings is 1. The van der Waals surface area contributed by atoms with Gasteiger partial charge in [0.2, 0.25) is 0 Å². The van der Waals surface area contributed by atoms with Crippen molar-refractivity contribution in [1.29, 1.82) is 0 Å². The predicted octanol–water partition coefficient (Wildman–Crippen LogP) is 3.27. The van der Waals surface area contributed by atoms with Crippen LogP contribution in [0.1, 0.15) is 18.4 Å². The van der Waals surface area contributed by atoms with Crippen LogP contribution in [0.2, 0.25) is 0 Å². The van der Waals surface area contributed by atoms with Crippen molar-refractivity contribution in [1.82, 2.24) is 5.32 Å². The minimum atomic E-state index is -4.34. The van der Waals surface area contributed by atoms with E-state index < -0.39 is 11.7 Å². The normalized spacial score (nSPS) is 18.3. The second-order valence-corrected chi connectivity index (χ2v) is 4.71. The van der Waals surface area contributed by atoms with Crippen molar-refractivity contribution >= 4 is 12.4 Å². The Hall–Kier alpha value is -0.980. The van der Waals surface area contributed by atoms with Crippen LogP contribution in [-0.2, 0) is 10.9 Å². The molecule has 0 aliphatic carbocycles. The average molecular weight is 326 g/mol. The van der Waals surface area contributed by atoms with Crippen LogP contribution < -0.4 is 10.1 Å². The molecule has 3 nitrogen and oxygen atoms in total. The number of hydrogen-bond donors (Lipinski definition) is 1. The standard InChI is InChI=1S/C14H18F3NO2.ClH/c15-14(16,17)11-3-1-4-12(9-11)20-8-6-18-10-13-5-2-7-19-13;/h1,3-4,9,13,18H,2,5-8,10H2;1H. The molecular weight excluding hydrogens is 307 g/mol. The number of halogens is 4. The van der Waals surface area contributed by atoms with E-state index in [9.17, 15) is 13.2 Å². The van der Waals surface area contributed by atoms with Crippen LogP contribution in [0.25, 0.3) is 0 Å². The van der Waals surface area contributed by atoms with E-state index in [-0.39, 0.29) is 24.3 Å². The van der Waals surface area contributed by atoms with Crippen molar-refractivity contribution in [2.75, 3.05) is 26.3 Å². The Morgan fingerprint density at radius 3 is 2.81 bits per heavy atom. The average Bonchev–Trinajstić information content (AvgIpc) is 2.91. The highest BCUT2D eigenvalue weighted by molar-refractivity contribution is 5.85. The fourth-order valence-corrected chi connectivity index (χ4v) is 2.07. The van der Waals surface area contributed by atoms with Crippen LogP contribution in [0.15, 0.2) is 24.3 Å². The summed E-state index contributed by atoms with van der Waals surface area (Å²) in [6, 6.07) is 4.91. The summed E-state index contributed by atoms with van der Waals surface area (Å²) in [7, 11) is 0. The summed E-state index contributed by atoms with van der Waals surface area (Å²) >= 11 is 0. The molecule has 120 valence electrons. The second kappa shape index (κ2) is 8.46. The molecule has 0 spiro atoms. The van der Waals surface area contributed by atoms with Gasteiger partial charge in [-0.2, -0.15) is 13.2 Å². The Kier molecular flexibility index (Phi) is 7.28. The molecule has 1 atom stereocenters. The van der Waals surface area contributed by atoms with E-state index in [0.717, 1.165) is 38.1 Å². The molecule has 1 fully saturated rings. The lowest BCUT2D eigenvalue weighted by atomic mass is 10.2. The van der Waals surface area contributed by atoms with Gasteiger partial charge in [-0.15, -0.1) is 12.4 Å². The van der Waals surface area contributed by atoms with Crippen LogP contribution in [0.4, 0.5) is 13.2 Å². The van der Waals surface area contributed by atoms with Gasteiger partial charge in [0.15, 0.2) is 0 Å². The second-order valence-electron chi connectivity index (χ2n) is 4.71. The van der Waals surface area contributed by atoms with E-state index in [2.05, 4.69) is 5.32 Å². The van der Waals surface area contributed by atoms with Crippen LogP contribution in [-0.4, -0.2) is 32.4 Å². The zero-order valence-corrected chi connectivity index (χ0v) is 12.3. The highest BCUT2D eigenvalue weighted by Gasteiger charge is 2.30. The van der Waals surface area contributed by atoms with Crippen molar-refractivity contribution in [3.63, 3.8) is 0 Å². The zero-order chi connectivity index (χ0) is 14.4. The first-order chi connectivity index (χ1) is 9.55. The van der Waals surface area contributed by atoms with Crippen molar-refractivity contribution in [2.45, 2.75) is 25.1 Å². The lowest BCUT2D eigenvalue weighted by Gasteiger charge is -2.12. The first-order valence-corrected chi connectivity index (χ1v) is 6.68. The smallest absolute Gasteiger partial charge is 0.416 e. The maximum Gasteiger partial charge on any atom is 0.416 e. The molecule has 2 rings (SSSR count). The lowest BCUT2D eigenvalue weighted by molar-refractivity contribution is -0.137. The summed E-state index contributed by atoms with van der Waals surface area (Å²) in [4.78, 5) is 0. The molecular formula is C14H19ClF3NO2. The molecule has 7 heteroatoms. The van der Waals surface area contributed by atoms with Crippen molar-refractivity contribution in [3.8, 4) is 5.75 Å². The Labute approximate surface area is 128 Å². The van der Waals surface area contributed by atoms with Crippen molar-refractivity contribution in [2.24, 2.45) is 0 Å². The van der Waals surface area contributed by atoms with Gasteiger partial charge in [0.05, 0.1) is 11.7 Å². The summed E-state index contributed by atoms with van der Waals surface area (Å²) < 4.78 is 48.3. The summed E-state index contributed by atoms with van der Waals surface area (Å²) in [6.07, 6.45) is -1.94. The van der Waals surface area contributed by atoms with E-state index >= 15 is 0 Å². The molecule has 1 N–H and O–H groups in total. The molecule has 1 saturated heterocycles. The molecule has 0 bridgehead atoms. The Morgan fingerprint density at radius 2 is 2.14 bits per heavy atom. The van der Waals surface area contributed by atoms with Gasteiger partial charge in [0, 0.05) is 19.7 Å². The molecule has 0 amide bonds. The minimum absolute atomic E-state index is 0. The van der Waals surface area contributed by atoms with Gasteiger partial charge < -0.3 is 14.8 Å². The molecule has 1 unspecified atom stereocenters. The van der Waals surface area contributed by atoms with Crippen LogP contribution in [0, 0.1) is 0 Å². The van der Waals surface area contributed by atoms with E-state index in [0.29, 0.717) is 13.2 Å². The molecule has 1 aromatic carbocycles. The Balaban J connectivity index is 0.00000220. The largest absolute Gasteiger partial charge is 0.492 e. The predicted molar refractivity (Wildman–Crippen MR) is 76.0 cm³/mol. The Morgan fingerprint density at radius 1 is 1.33 bits per heavy atom. The third-order valence-electron chi connectivity index (χ3n) is 3.10. The van der Waals surface area contributed by atoms with E-state index in [1.807, 2.05) is 0 Å². The fraction of sp³-hybridized carbons (Fsp3) is 0.571. The topological polar surface area (TPSA) is 30.5 Å². The van der Waals surface area contributed by atoms with Crippen LogP contribution in [0.3, 0.4) is 0 Å². The molecule has 0 radical (unpaired) electrons. The zero-order valence-electron chi connectivity index (χ0n) is 11.5. The van der Waals surface area contributed by atoms with E-state index in [4.69, 9.17) is 9.47 Å². The summed E-state index contributed by atoms with van der Waals surface area (Å²) in [5, 5.41) is 3.17. The van der Waals surface area contributed by atoms with Crippen molar-refractivity contribution < 1.29 is 22.6 Å². The van der Waals surface area contributed by atoms with Crippen molar-refractivity contribution in [3.05, 3.63) is 29.8 Å². The summed E-state index contributed by atoms with van der Waals surface area (Å²) in [6.45, 7) is 2.48. The summed E-state index contributed by atoms with van der Waals surface area (Å²) in [5.74, 6) is 0.235. The van der Waals surface area contributed by atoms with Gasteiger partial charge in [-0.25, -0.2) is 0 Å². The molecule has 1 heterocycles. The maximum atomic E-state index is 12.5. The van der Waals surface area contributed by atoms with Gasteiger partial charge in [0.1, 0.15) is 12.4 Å². The molecule has 1 aromatic rings. The first-order valence-electron chi connectivity index (χ1n) is 6.68. The number of rotatable bonds is 6. The number of ether oxygens (including phenoxy) is 2. The fourth-order valence-electron chi connectivity index (χ4n) is 2.07. The molecule has 0 saturated carbocycles. The minimum Gasteiger partial charge on any atom is -0.492 e. The molecule has 0 aromatic heterocycles. The van der Waals surface area contributed by atoms with Crippen LogP contribution >= 0.6 is 12.4 Å². The first kappa shape index (κ1) is 18.1. The molecule has 21 heavy (non-hydrogen) atoms. The maximum absolute atomic E-state index is 12.5. The van der Waals surface area contributed by atoms with Gasteiger partial charge >= 0.3 is 6.18 Å². The Bertz CT molecular complexity index is 423. The number of alkyl halides is 3. The third kappa shape index (κ3) is 6.11. The van der Waals surface area contributed by atoms with E-state index in [1.54, 1.807) is 0 Å². The highest BCUT2D eigenvalue weighted by Crippen LogP contribution is 2.31. The lowest BCUT2D eigenvalue weighted by Crippen LogP contribution is -2.29. The SMILES string of the molecule is Cl.FC(F)(F)c1cccc(OCCNCC2CCCO2)c1. The quantitative estimate of drug-likeness (QED) is 0.814. The van der Waals surface area contributed by atoms with Gasteiger partial charge in [-0.1, -0.05) is 6.07 Å². The third-order valence-corrected chi connectivity index (χ3v) is 3.10. The van der Waals surface area contributed by atoms with E-state index in [1.165, 1.54) is 12.1 Å². The van der Waals surface area contributed by atoms with Gasteiger partial charge in [0.25, 0.3) is 0 Å². The van der Waals surface area contributed by atoms with Gasteiger partial charge in [-0.3, -0.25) is 0 Å². The van der Waals surface area contributed by atoms with Gasteiger partial charge in [-0.05, 0) is 31.0 Å². The monoisotopic (exact) mass is 325 g/mol. The summed E-state index contributed by atoms with van der Waals surface area (Å²) in [5.41, 5.74) is -0.692. The molecule has 1 aliphatic heterocycles. The number of nitrogens with one attached hydrogen (secondary N) is 1.